The number of hydrogen-bond acceptors (Lipinski definition) is 3. The minimum Gasteiger partial charge on any atom is -0.468 e. The summed E-state index contributed by atoms with van der Waals surface area (Å²) in [6.45, 7) is 6.02. The van der Waals surface area contributed by atoms with Crippen LogP contribution in [0.4, 0.5) is 4.39 Å². The lowest BCUT2D eigenvalue weighted by atomic mass is 10.1. The Kier molecular flexibility index (Phi) is 4.96. The second kappa shape index (κ2) is 6.73. The van der Waals surface area contributed by atoms with Crippen LogP contribution in [-0.4, -0.2) is 22.9 Å². The summed E-state index contributed by atoms with van der Waals surface area (Å²) in [6, 6.07) is 6.85. The van der Waals surface area contributed by atoms with Crippen molar-refractivity contribution in [3.63, 3.8) is 0 Å². The summed E-state index contributed by atoms with van der Waals surface area (Å²) in [5.74, 6) is -0.133. The summed E-state index contributed by atoms with van der Waals surface area (Å²) in [7, 11) is 1.36. The molecule has 0 N–H and O–H groups in total. The Bertz CT molecular complexity index is 677. The zero-order valence-electron chi connectivity index (χ0n) is 13.4. The number of benzene rings is 1. The average Bonchev–Trinajstić information content (AvgIpc) is 2.83. The molecular weight excluding hydrogens is 283 g/mol. The third-order valence-corrected chi connectivity index (χ3v) is 3.44. The minimum absolute atomic E-state index is 0.0821. The first-order chi connectivity index (χ1) is 10.4. The molecule has 1 heterocycles. The second-order valence-electron chi connectivity index (χ2n) is 5.82. The fourth-order valence-corrected chi connectivity index (χ4v) is 2.31. The van der Waals surface area contributed by atoms with Crippen molar-refractivity contribution in [2.24, 2.45) is 5.92 Å². The molecule has 2 aromatic rings. The number of rotatable bonds is 5. The quantitative estimate of drug-likeness (QED) is 0.796. The van der Waals surface area contributed by atoms with Crippen molar-refractivity contribution in [3.8, 4) is 11.3 Å². The summed E-state index contributed by atoms with van der Waals surface area (Å²) in [5.41, 5.74) is 3.12. The molecule has 0 fully saturated rings. The Balaban J connectivity index is 2.39. The fraction of sp³-hybridized carbons (Fsp3) is 0.412. The number of aromatic nitrogens is 2. The molecule has 0 amide bonds. The number of esters is 1. The number of hydrogen-bond donors (Lipinski definition) is 0. The number of methoxy groups -OCH3 is 1. The molecule has 0 aliphatic rings. The highest BCUT2D eigenvalue weighted by Gasteiger charge is 2.14. The van der Waals surface area contributed by atoms with Gasteiger partial charge in [0.2, 0.25) is 0 Å². The van der Waals surface area contributed by atoms with Crippen molar-refractivity contribution in [3.05, 3.63) is 41.3 Å². The van der Waals surface area contributed by atoms with Crippen LogP contribution in [0.3, 0.4) is 0 Å². The Morgan fingerprint density at radius 1 is 1.36 bits per heavy atom. The predicted octanol–water partition coefficient (Wildman–Crippen LogP) is 3.37. The van der Waals surface area contributed by atoms with E-state index in [4.69, 9.17) is 4.74 Å². The van der Waals surface area contributed by atoms with Gasteiger partial charge >= 0.3 is 5.97 Å². The SMILES string of the molecule is COC(=O)Cn1nc(-c2ccc(F)c(C)c2)cc1CC(C)C. The molecule has 0 saturated heterocycles. The number of carbonyl (C=O) groups is 1. The smallest absolute Gasteiger partial charge is 0.327 e. The van der Waals surface area contributed by atoms with Crippen LogP contribution in [0.1, 0.15) is 25.1 Å². The first kappa shape index (κ1) is 16.2. The molecule has 0 atom stereocenters. The highest BCUT2D eigenvalue weighted by atomic mass is 19.1. The molecule has 0 bridgehead atoms. The highest BCUT2D eigenvalue weighted by Crippen LogP contribution is 2.23. The van der Waals surface area contributed by atoms with Gasteiger partial charge in [-0.3, -0.25) is 9.48 Å². The third kappa shape index (κ3) is 3.72. The lowest BCUT2D eigenvalue weighted by molar-refractivity contribution is -0.141. The van der Waals surface area contributed by atoms with Crippen molar-refractivity contribution in [1.82, 2.24) is 9.78 Å². The molecule has 4 nitrogen and oxygen atoms in total. The van der Waals surface area contributed by atoms with Crippen LogP contribution < -0.4 is 0 Å². The van der Waals surface area contributed by atoms with Crippen LogP contribution in [0.15, 0.2) is 24.3 Å². The molecule has 118 valence electrons. The van der Waals surface area contributed by atoms with E-state index in [0.717, 1.165) is 23.4 Å². The second-order valence-corrected chi connectivity index (χ2v) is 5.82. The van der Waals surface area contributed by atoms with Gasteiger partial charge in [0.05, 0.1) is 12.8 Å². The van der Waals surface area contributed by atoms with Gasteiger partial charge in [0.25, 0.3) is 0 Å². The lowest BCUT2D eigenvalue weighted by Crippen LogP contribution is -2.16. The van der Waals surface area contributed by atoms with Crippen molar-refractivity contribution in [2.75, 3.05) is 7.11 Å². The third-order valence-electron chi connectivity index (χ3n) is 3.44. The van der Waals surface area contributed by atoms with E-state index in [9.17, 15) is 9.18 Å². The Labute approximate surface area is 129 Å². The maximum Gasteiger partial charge on any atom is 0.327 e. The van der Waals surface area contributed by atoms with Crippen LogP contribution in [0.25, 0.3) is 11.3 Å². The molecule has 1 aromatic carbocycles. The minimum atomic E-state index is -0.338. The number of nitrogens with zero attached hydrogens (tertiary/aromatic N) is 2. The van der Waals surface area contributed by atoms with Gasteiger partial charge in [0, 0.05) is 11.3 Å². The average molecular weight is 304 g/mol. The first-order valence-electron chi connectivity index (χ1n) is 7.30. The topological polar surface area (TPSA) is 44.1 Å². The van der Waals surface area contributed by atoms with E-state index in [1.165, 1.54) is 13.2 Å². The summed E-state index contributed by atoms with van der Waals surface area (Å²) in [6.07, 6.45) is 0.810. The molecule has 0 saturated carbocycles. The summed E-state index contributed by atoms with van der Waals surface area (Å²) in [5, 5.41) is 4.49. The van der Waals surface area contributed by atoms with Crippen molar-refractivity contribution < 1.29 is 13.9 Å². The summed E-state index contributed by atoms with van der Waals surface area (Å²) >= 11 is 0. The molecular formula is C17H21FN2O2. The number of ether oxygens (including phenoxy) is 1. The van der Waals surface area contributed by atoms with Gasteiger partial charge in [-0.15, -0.1) is 0 Å². The monoisotopic (exact) mass is 304 g/mol. The molecule has 5 heteroatoms. The molecule has 0 aliphatic heterocycles. The maximum absolute atomic E-state index is 13.4. The van der Waals surface area contributed by atoms with Gasteiger partial charge in [-0.1, -0.05) is 13.8 Å². The van der Waals surface area contributed by atoms with Gasteiger partial charge in [-0.25, -0.2) is 4.39 Å². The zero-order chi connectivity index (χ0) is 16.3. The zero-order valence-corrected chi connectivity index (χ0v) is 13.4. The number of aryl methyl sites for hydroxylation is 1. The molecule has 0 spiro atoms. The van der Waals surface area contributed by atoms with E-state index in [-0.39, 0.29) is 18.3 Å². The van der Waals surface area contributed by atoms with Gasteiger partial charge in [0.1, 0.15) is 12.4 Å². The normalized spacial score (nSPS) is 11.0. The van der Waals surface area contributed by atoms with E-state index >= 15 is 0 Å². The molecule has 22 heavy (non-hydrogen) atoms. The Morgan fingerprint density at radius 3 is 2.68 bits per heavy atom. The van der Waals surface area contributed by atoms with Gasteiger partial charge in [0.15, 0.2) is 0 Å². The largest absolute Gasteiger partial charge is 0.468 e. The summed E-state index contributed by atoms with van der Waals surface area (Å²) in [4.78, 5) is 11.5. The first-order valence-corrected chi connectivity index (χ1v) is 7.30. The van der Waals surface area contributed by atoms with E-state index < -0.39 is 0 Å². The van der Waals surface area contributed by atoms with Crippen LogP contribution >= 0.6 is 0 Å². The highest BCUT2D eigenvalue weighted by molar-refractivity contribution is 5.69. The van der Waals surface area contributed by atoms with Crippen LogP contribution in [0.5, 0.6) is 0 Å². The van der Waals surface area contributed by atoms with Crippen molar-refractivity contribution in [1.29, 1.82) is 0 Å². The van der Waals surface area contributed by atoms with Crippen LogP contribution in [0, 0.1) is 18.7 Å². The van der Waals surface area contributed by atoms with Crippen molar-refractivity contribution in [2.45, 2.75) is 33.7 Å². The lowest BCUT2D eigenvalue weighted by Gasteiger charge is -2.07. The number of carbonyl (C=O) groups excluding carboxylic acids is 1. The standard InChI is InChI=1S/C17H21FN2O2/c1-11(2)7-14-9-16(19-20(14)10-17(21)22-4)13-5-6-15(18)12(3)8-13/h5-6,8-9,11H,7,10H2,1-4H3. The van der Waals surface area contributed by atoms with E-state index in [1.54, 1.807) is 23.7 Å². The maximum atomic E-state index is 13.4. The Morgan fingerprint density at radius 2 is 2.09 bits per heavy atom. The van der Waals surface area contributed by atoms with Gasteiger partial charge in [-0.05, 0) is 49.1 Å². The van der Waals surface area contributed by atoms with Crippen molar-refractivity contribution >= 4 is 5.97 Å². The Hall–Kier alpha value is -2.17. The molecule has 2 rings (SSSR count). The predicted molar refractivity (Wildman–Crippen MR) is 82.9 cm³/mol. The molecule has 1 aromatic heterocycles. The molecule has 0 unspecified atom stereocenters. The molecule has 0 aliphatic carbocycles. The van der Waals surface area contributed by atoms with E-state index in [2.05, 4.69) is 18.9 Å². The fourth-order valence-electron chi connectivity index (χ4n) is 2.31. The summed E-state index contributed by atoms with van der Waals surface area (Å²) < 4.78 is 19.8. The van der Waals surface area contributed by atoms with Gasteiger partial charge in [-0.2, -0.15) is 5.10 Å². The van der Waals surface area contributed by atoms with E-state index in [1.807, 2.05) is 6.07 Å². The van der Waals surface area contributed by atoms with Gasteiger partial charge < -0.3 is 4.74 Å². The van der Waals surface area contributed by atoms with Crippen LogP contribution in [0.2, 0.25) is 0 Å². The number of halogens is 1. The molecule has 0 radical (unpaired) electrons. The van der Waals surface area contributed by atoms with E-state index in [0.29, 0.717) is 11.5 Å². The van der Waals surface area contributed by atoms with Crippen LogP contribution in [-0.2, 0) is 22.5 Å².